The molecule has 1 amide bonds. The van der Waals surface area contributed by atoms with Crippen LogP contribution in [0.4, 0.5) is 5.69 Å². The Kier molecular flexibility index (Phi) is 4.32. The van der Waals surface area contributed by atoms with Gasteiger partial charge in [0.2, 0.25) is 0 Å². The Hall–Kier alpha value is -4.15. The average molecular weight is 450 g/mol. The number of likely N-dealkylation sites (tertiary alicyclic amines) is 1. The molecule has 1 saturated heterocycles. The Morgan fingerprint density at radius 1 is 1.09 bits per heavy atom. The van der Waals surface area contributed by atoms with Crippen LogP contribution >= 0.6 is 0 Å². The van der Waals surface area contributed by atoms with Crippen molar-refractivity contribution in [1.29, 1.82) is 5.26 Å². The number of aromatic nitrogens is 2. The number of fused-ring (bicyclic) bond motifs is 3. The highest BCUT2D eigenvalue weighted by Crippen LogP contribution is 2.62. The fraction of sp³-hybridized carbons (Fsp3) is 0.222. The Morgan fingerprint density at radius 2 is 1.82 bits per heavy atom. The molecule has 1 aromatic heterocycles. The van der Waals surface area contributed by atoms with Crippen molar-refractivity contribution in [1.82, 2.24) is 14.9 Å². The number of rotatable bonds is 3. The maximum Gasteiger partial charge on any atom is 0.251 e. The normalized spacial score (nSPS) is 25.9. The van der Waals surface area contributed by atoms with Gasteiger partial charge in [0.15, 0.2) is 11.0 Å². The standard InChI is InChI=1S/C27H23N5O2/c1-32-15-20(17-11-13-18(34-2)14-12-17)26(16-28,24-29-22-9-5-6-10-23(22)30-24)27(32)19-7-3-4-8-21(19)31-25(27)33/h3-14,20H,15H2,1-2H3,(H,29,30)(H,31,33)/t20-,26-,27+/m1/s1. The number of amides is 1. The van der Waals surface area contributed by atoms with Gasteiger partial charge in [-0.3, -0.25) is 9.69 Å². The van der Waals surface area contributed by atoms with Crippen LogP contribution in [-0.2, 0) is 15.7 Å². The van der Waals surface area contributed by atoms with Crippen molar-refractivity contribution >= 4 is 22.6 Å². The summed E-state index contributed by atoms with van der Waals surface area (Å²) in [4.78, 5) is 24.3. The number of likely N-dealkylation sites (N-methyl/N-ethyl adjacent to an activating group) is 1. The van der Waals surface area contributed by atoms with Gasteiger partial charge in [-0.15, -0.1) is 0 Å². The van der Waals surface area contributed by atoms with E-state index in [1.165, 1.54) is 0 Å². The van der Waals surface area contributed by atoms with E-state index >= 15 is 0 Å². The molecule has 0 aliphatic carbocycles. The van der Waals surface area contributed by atoms with Crippen molar-refractivity contribution in [3.8, 4) is 11.8 Å². The molecular formula is C27H23N5O2. The average Bonchev–Trinajstić information content (AvgIpc) is 3.51. The minimum Gasteiger partial charge on any atom is -0.497 e. The Labute approximate surface area is 197 Å². The highest BCUT2D eigenvalue weighted by atomic mass is 16.5. The minimum absolute atomic E-state index is 0.214. The van der Waals surface area contributed by atoms with E-state index in [9.17, 15) is 10.1 Å². The molecule has 0 saturated carbocycles. The van der Waals surface area contributed by atoms with Crippen LogP contribution in [0.1, 0.15) is 22.9 Å². The number of methoxy groups -OCH3 is 1. The molecule has 3 aromatic carbocycles. The van der Waals surface area contributed by atoms with Crippen LogP contribution in [0.3, 0.4) is 0 Å². The van der Waals surface area contributed by atoms with Gasteiger partial charge >= 0.3 is 0 Å². The van der Waals surface area contributed by atoms with E-state index in [1.807, 2.05) is 84.7 Å². The first-order valence-electron chi connectivity index (χ1n) is 11.2. The molecule has 0 bridgehead atoms. The predicted octanol–water partition coefficient (Wildman–Crippen LogP) is 3.91. The van der Waals surface area contributed by atoms with E-state index in [1.54, 1.807) is 7.11 Å². The van der Waals surface area contributed by atoms with Gasteiger partial charge in [0.05, 0.1) is 24.2 Å². The van der Waals surface area contributed by atoms with Gasteiger partial charge in [0.1, 0.15) is 11.6 Å². The second-order valence-electron chi connectivity index (χ2n) is 8.94. The number of nitrogens with zero attached hydrogens (tertiary/aromatic N) is 3. The molecule has 0 unspecified atom stereocenters. The number of carbonyl (C=O) groups is 1. The van der Waals surface area contributed by atoms with E-state index in [-0.39, 0.29) is 11.8 Å². The minimum atomic E-state index is -1.31. The fourth-order valence-electron chi connectivity index (χ4n) is 5.99. The summed E-state index contributed by atoms with van der Waals surface area (Å²) >= 11 is 0. The van der Waals surface area contributed by atoms with E-state index in [4.69, 9.17) is 9.72 Å². The van der Waals surface area contributed by atoms with E-state index in [0.29, 0.717) is 12.4 Å². The Morgan fingerprint density at radius 3 is 2.56 bits per heavy atom. The third-order valence-corrected chi connectivity index (χ3v) is 7.47. The predicted molar refractivity (Wildman–Crippen MR) is 128 cm³/mol. The molecule has 2 aliphatic heterocycles. The Bertz CT molecular complexity index is 1440. The number of nitrogens with one attached hydrogen (secondary N) is 2. The molecule has 7 heteroatoms. The summed E-state index contributed by atoms with van der Waals surface area (Å²) < 4.78 is 5.35. The van der Waals surface area contributed by atoms with Crippen LogP contribution in [0, 0.1) is 11.3 Å². The zero-order valence-corrected chi connectivity index (χ0v) is 18.9. The second kappa shape index (κ2) is 7.17. The quantitative estimate of drug-likeness (QED) is 0.495. The lowest BCUT2D eigenvalue weighted by Gasteiger charge is -2.41. The number of ether oxygens (including phenoxy) is 1. The van der Waals surface area contributed by atoms with Gasteiger partial charge in [0.25, 0.3) is 5.91 Å². The van der Waals surface area contributed by atoms with Crippen LogP contribution in [0.15, 0.2) is 72.8 Å². The molecule has 4 aromatic rings. The van der Waals surface area contributed by atoms with E-state index in [0.717, 1.165) is 33.6 Å². The number of H-pyrrole nitrogens is 1. The lowest BCUT2D eigenvalue weighted by Crippen LogP contribution is -2.57. The maximum atomic E-state index is 13.9. The number of aromatic amines is 1. The molecule has 6 rings (SSSR count). The molecule has 3 atom stereocenters. The molecule has 2 aliphatic rings. The number of hydrogen-bond donors (Lipinski definition) is 2. The van der Waals surface area contributed by atoms with Crippen molar-refractivity contribution in [2.24, 2.45) is 0 Å². The van der Waals surface area contributed by atoms with Gasteiger partial charge in [-0.25, -0.2) is 4.98 Å². The summed E-state index contributed by atoms with van der Waals surface area (Å²) in [5.41, 5.74) is 1.49. The maximum absolute atomic E-state index is 13.9. The van der Waals surface area contributed by atoms with E-state index in [2.05, 4.69) is 16.4 Å². The van der Waals surface area contributed by atoms with Crippen molar-refractivity contribution < 1.29 is 9.53 Å². The first-order chi connectivity index (χ1) is 16.6. The van der Waals surface area contributed by atoms with Crippen molar-refractivity contribution in [2.75, 3.05) is 26.0 Å². The van der Waals surface area contributed by atoms with Crippen LogP contribution in [-0.4, -0.2) is 41.5 Å². The number of imidazole rings is 1. The lowest BCUT2D eigenvalue weighted by molar-refractivity contribution is -0.127. The Balaban J connectivity index is 1.69. The van der Waals surface area contributed by atoms with Crippen molar-refractivity contribution in [3.63, 3.8) is 0 Å². The molecule has 7 nitrogen and oxygen atoms in total. The first-order valence-corrected chi connectivity index (χ1v) is 11.2. The monoisotopic (exact) mass is 449 g/mol. The molecule has 1 fully saturated rings. The van der Waals surface area contributed by atoms with Gasteiger partial charge in [-0.05, 0) is 42.9 Å². The van der Waals surface area contributed by atoms with E-state index < -0.39 is 11.0 Å². The third kappa shape index (κ3) is 2.38. The summed E-state index contributed by atoms with van der Waals surface area (Å²) in [5, 5.41) is 14.1. The second-order valence-corrected chi connectivity index (χ2v) is 8.94. The summed E-state index contributed by atoms with van der Waals surface area (Å²) in [6, 6.07) is 25.7. The highest BCUT2D eigenvalue weighted by molar-refractivity contribution is 6.08. The smallest absolute Gasteiger partial charge is 0.251 e. The van der Waals surface area contributed by atoms with Crippen molar-refractivity contribution in [2.45, 2.75) is 16.9 Å². The zero-order valence-electron chi connectivity index (χ0n) is 18.9. The van der Waals surface area contributed by atoms with Crippen LogP contribution in [0.5, 0.6) is 5.75 Å². The number of anilines is 1. The van der Waals surface area contributed by atoms with Crippen LogP contribution in [0.2, 0.25) is 0 Å². The zero-order chi connectivity index (χ0) is 23.5. The van der Waals surface area contributed by atoms with Gasteiger partial charge in [0, 0.05) is 23.7 Å². The summed E-state index contributed by atoms with van der Waals surface area (Å²) in [6.45, 7) is 0.499. The van der Waals surface area contributed by atoms with Gasteiger partial charge < -0.3 is 15.0 Å². The lowest BCUT2D eigenvalue weighted by atomic mass is 9.61. The number of benzene rings is 3. The van der Waals surface area contributed by atoms with Gasteiger partial charge in [-0.2, -0.15) is 5.26 Å². The molecule has 3 heterocycles. The van der Waals surface area contributed by atoms with Crippen LogP contribution < -0.4 is 10.1 Å². The fourth-order valence-corrected chi connectivity index (χ4v) is 5.99. The number of nitriles is 1. The molecular weight excluding hydrogens is 426 g/mol. The molecule has 0 radical (unpaired) electrons. The largest absolute Gasteiger partial charge is 0.497 e. The molecule has 1 spiro atoms. The SMILES string of the molecule is COc1ccc([C@H]2CN(C)[C@@]3(C(=O)Nc4ccccc43)[C@@]2(C#N)c2nc3ccccc3[nH]2)cc1. The number of hydrogen-bond acceptors (Lipinski definition) is 5. The highest BCUT2D eigenvalue weighted by Gasteiger charge is 2.73. The summed E-state index contributed by atoms with van der Waals surface area (Å²) in [7, 11) is 3.54. The summed E-state index contributed by atoms with van der Waals surface area (Å²) in [5.74, 6) is 0.688. The molecule has 2 N–H and O–H groups in total. The molecule has 34 heavy (non-hydrogen) atoms. The third-order valence-electron chi connectivity index (χ3n) is 7.47. The van der Waals surface area contributed by atoms with Crippen LogP contribution in [0.25, 0.3) is 11.0 Å². The number of carbonyl (C=O) groups excluding carboxylic acids is 1. The number of para-hydroxylation sites is 3. The first kappa shape index (κ1) is 20.5. The van der Waals surface area contributed by atoms with Gasteiger partial charge in [-0.1, -0.05) is 42.5 Å². The topological polar surface area (TPSA) is 94.0 Å². The summed E-state index contributed by atoms with van der Waals surface area (Å²) in [6.07, 6.45) is 0. The molecule has 168 valence electrons. The van der Waals surface area contributed by atoms with Crippen molar-refractivity contribution in [3.05, 3.63) is 89.7 Å².